The van der Waals surface area contributed by atoms with E-state index in [4.69, 9.17) is 0 Å². The minimum absolute atomic E-state index is 0.00549. The highest BCUT2D eigenvalue weighted by Gasteiger charge is 2.74. The van der Waals surface area contributed by atoms with Crippen molar-refractivity contribution in [3.63, 3.8) is 0 Å². The molecule has 1 unspecified atom stereocenters. The van der Waals surface area contributed by atoms with Crippen molar-refractivity contribution in [1.29, 1.82) is 0 Å². The first-order chi connectivity index (χ1) is 9.00. The van der Waals surface area contributed by atoms with Crippen LogP contribution in [-0.4, -0.2) is 18.0 Å². The van der Waals surface area contributed by atoms with E-state index in [1.807, 2.05) is 0 Å². The zero-order valence-electron chi connectivity index (χ0n) is 10.5. The first-order valence-corrected chi connectivity index (χ1v) is 5.86. The number of rotatable bonds is 5. The van der Waals surface area contributed by atoms with Gasteiger partial charge in [-0.15, -0.1) is 0 Å². The van der Waals surface area contributed by atoms with E-state index in [1.54, 1.807) is 30.3 Å². The lowest BCUT2D eigenvalue weighted by atomic mass is 9.91. The summed E-state index contributed by atoms with van der Waals surface area (Å²) in [7, 11) is 0. The van der Waals surface area contributed by atoms with Crippen LogP contribution in [0, 0.1) is 5.92 Å². The van der Waals surface area contributed by atoms with Crippen molar-refractivity contribution in [1.82, 2.24) is 0 Å². The van der Waals surface area contributed by atoms with Gasteiger partial charge in [-0.1, -0.05) is 37.3 Å². The van der Waals surface area contributed by atoms with Gasteiger partial charge in [-0.25, -0.2) is 0 Å². The van der Waals surface area contributed by atoms with Gasteiger partial charge in [0.15, 0.2) is 0 Å². The normalized spacial score (nSPS) is 15.2. The third kappa shape index (κ3) is 3.24. The molecule has 0 aliphatic heterocycles. The topological polar surface area (TPSA) is 0 Å². The van der Waals surface area contributed by atoms with Crippen LogP contribution in [0.3, 0.4) is 0 Å². The van der Waals surface area contributed by atoms with Crippen LogP contribution in [0.5, 0.6) is 0 Å². The van der Waals surface area contributed by atoms with Gasteiger partial charge in [0, 0.05) is 5.92 Å². The molecule has 0 amide bonds. The van der Waals surface area contributed by atoms with E-state index in [1.165, 1.54) is 0 Å². The van der Waals surface area contributed by atoms with Crippen LogP contribution in [0.15, 0.2) is 30.3 Å². The van der Waals surface area contributed by atoms with Gasteiger partial charge in [-0.05, 0) is 18.4 Å². The average molecular weight is 302 g/mol. The molecule has 7 heteroatoms. The van der Waals surface area contributed by atoms with Crippen LogP contribution >= 0.6 is 0 Å². The maximum Gasteiger partial charge on any atom is 0.459 e. The Morgan fingerprint density at radius 3 is 1.85 bits per heavy atom. The quantitative estimate of drug-likeness (QED) is 0.665. The van der Waals surface area contributed by atoms with E-state index >= 15 is 0 Å². The van der Waals surface area contributed by atoms with E-state index in [0.717, 1.165) is 0 Å². The van der Waals surface area contributed by atoms with Gasteiger partial charge in [0.05, 0.1) is 0 Å². The van der Waals surface area contributed by atoms with Gasteiger partial charge in [0.1, 0.15) is 0 Å². The fraction of sp³-hybridized carbons (Fsp3) is 0.538. The summed E-state index contributed by atoms with van der Waals surface area (Å²) in [4.78, 5) is 0. The Bertz CT molecular complexity index is 422. The lowest BCUT2D eigenvalue weighted by Crippen LogP contribution is -2.55. The Kier molecular flexibility index (Phi) is 4.71. The van der Waals surface area contributed by atoms with Gasteiger partial charge in [-0.3, -0.25) is 0 Å². The SMILES string of the molecule is CC(CCc1ccccc1)C(F)(F)C(F)(F)C(F)(F)F. The molecule has 1 atom stereocenters. The van der Waals surface area contributed by atoms with Crippen molar-refractivity contribution in [3.8, 4) is 0 Å². The predicted molar refractivity (Wildman–Crippen MR) is 59.9 cm³/mol. The molecule has 0 aromatic heterocycles. The molecule has 0 spiro atoms. The fourth-order valence-electron chi connectivity index (χ4n) is 1.71. The van der Waals surface area contributed by atoms with E-state index in [0.29, 0.717) is 12.5 Å². The van der Waals surface area contributed by atoms with E-state index < -0.39 is 30.4 Å². The summed E-state index contributed by atoms with van der Waals surface area (Å²) in [6, 6.07) is 8.11. The van der Waals surface area contributed by atoms with Crippen molar-refractivity contribution >= 4 is 0 Å². The van der Waals surface area contributed by atoms with Crippen LogP contribution in [0.4, 0.5) is 30.7 Å². The summed E-state index contributed by atoms with van der Waals surface area (Å²) < 4.78 is 88.3. The Balaban J connectivity index is 2.77. The number of benzene rings is 1. The highest BCUT2D eigenvalue weighted by Crippen LogP contribution is 2.50. The van der Waals surface area contributed by atoms with Gasteiger partial charge >= 0.3 is 18.0 Å². The molecule has 0 fully saturated rings. The summed E-state index contributed by atoms with van der Waals surface area (Å²) in [6.45, 7) is 0.697. The predicted octanol–water partition coefficient (Wildman–Crippen LogP) is 5.09. The molecule has 0 aliphatic carbocycles. The van der Waals surface area contributed by atoms with E-state index in [9.17, 15) is 30.7 Å². The Morgan fingerprint density at radius 2 is 1.40 bits per heavy atom. The van der Waals surface area contributed by atoms with Crippen molar-refractivity contribution in [2.45, 2.75) is 37.8 Å². The lowest BCUT2D eigenvalue weighted by Gasteiger charge is -2.32. The molecule has 0 heterocycles. The number of alkyl halides is 7. The minimum Gasteiger partial charge on any atom is -0.199 e. The summed E-state index contributed by atoms with van der Waals surface area (Å²) in [6.07, 6.45) is -6.73. The zero-order chi connectivity index (χ0) is 15.6. The summed E-state index contributed by atoms with van der Waals surface area (Å²) in [5.74, 6) is -13.3. The Labute approximate surface area is 111 Å². The van der Waals surface area contributed by atoms with Crippen molar-refractivity contribution in [3.05, 3.63) is 35.9 Å². The molecule has 1 aromatic carbocycles. The molecular formula is C13H13F7. The molecule has 1 rings (SSSR count). The third-order valence-electron chi connectivity index (χ3n) is 3.10. The molecule has 20 heavy (non-hydrogen) atoms. The van der Waals surface area contributed by atoms with Crippen LogP contribution in [-0.2, 0) is 6.42 Å². The molecule has 0 saturated heterocycles. The molecule has 0 nitrogen and oxygen atoms in total. The fourth-order valence-corrected chi connectivity index (χ4v) is 1.71. The second-order valence-corrected chi connectivity index (χ2v) is 4.62. The monoisotopic (exact) mass is 302 g/mol. The highest BCUT2D eigenvalue weighted by molar-refractivity contribution is 5.14. The van der Waals surface area contributed by atoms with Crippen molar-refractivity contribution in [2.75, 3.05) is 0 Å². The second kappa shape index (κ2) is 5.61. The summed E-state index contributed by atoms with van der Waals surface area (Å²) in [5.41, 5.74) is 0.602. The second-order valence-electron chi connectivity index (χ2n) is 4.62. The molecular weight excluding hydrogens is 289 g/mol. The number of hydrogen-bond donors (Lipinski definition) is 0. The van der Waals surface area contributed by atoms with Crippen LogP contribution in [0.1, 0.15) is 18.9 Å². The van der Waals surface area contributed by atoms with E-state index in [-0.39, 0.29) is 6.42 Å². The lowest BCUT2D eigenvalue weighted by molar-refractivity contribution is -0.365. The van der Waals surface area contributed by atoms with Crippen molar-refractivity contribution in [2.24, 2.45) is 5.92 Å². The smallest absolute Gasteiger partial charge is 0.199 e. The third-order valence-corrected chi connectivity index (χ3v) is 3.10. The maximum atomic E-state index is 13.3. The molecule has 0 bridgehead atoms. The van der Waals surface area contributed by atoms with Crippen molar-refractivity contribution < 1.29 is 30.7 Å². The minimum atomic E-state index is -6.27. The Hall–Kier alpha value is -1.27. The number of halogens is 7. The van der Waals surface area contributed by atoms with Gasteiger partial charge in [0.2, 0.25) is 0 Å². The van der Waals surface area contributed by atoms with Crippen LogP contribution < -0.4 is 0 Å². The van der Waals surface area contributed by atoms with Gasteiger partial charge in [0.25, 0.3) is 0 Å². The number of hydrogen-bond acceptors (Lipinski definition) is 0. The summed E-state index contributed by atoms with van der Waals surface area (Å²) >= 11 is 0. The molecule has 1 aromatic rings. The first-order valence-electron chi connectivity index (χ1n) is 5.86. The molecule has 114 valence electrons. The summed E-state index contributed by atoms with van der Waals surface area (Å²) in [5, 5.41) is 0. The van der Waals surface area contributed by atoms with E-state index in [2.05, 4.69) is 0 Å². The molecule has 0 aliphatic rings. The standard InChI is InChI=1S/C13H13F7/c1-9(7-8-10-5-3-2-4-6-10)11(14,15)12(16,17)13(18,19)20/h2-6,9H,7-8H2,1H3. The first kappa shape index (κ1) is 16.8. The average Bonchev–Trinajstić information content (AvgIpc) is 2.35. The zero-order valence-corrected chi connectivity index (χ0v) is 10.5. The van der Waals surface area contributed by atoms with Crippen LogP contribution in [0.25, 0.3) is 0 Å². The number of aryl methyl sites for hydroxylation is 1. The van der Waals surface area contributed by atoms with Crippen LogP contribution in [0.2, 0.25) is 0 Å². The molecule has 0 saturated carbocycles. The molecule has 0 radical (unpaired) electrons. The van der Waals surface area contributed by atoms with Gasteiger partial charge < -0.3 is 0 Å². The maximum absolute atomic E-state index is 13.3. The largest absolute Gasteiger partial charge is 0.459 e. The molecule has 0 N–H and O–H groups in total. The Morgan fingerprint density at radius 1 is 0.900 bits per heavy atom. The van der Waals surface area contributed by atoms with Gasteiger partial charge in [-0.2, -0.15) is 30.7 Å². The highest BCUT2D eigenvalue weighted by atomic mass is 19.4.